The highest BCUT2D eigenvalue weighted by Gasteiger charge is 2.69. The number of nitrogens with one attached hydrogen (secondary N) is 1. The Morgan fingerprint density at radius 1 is 1.11 bits per heavy atom. The van der Waals surface area contributed by atoms with E-state index in [0.717, 1.165) is 18.3 Å². The van der Waals surface area contributed by atoms with Crippen molar-refractivity contribution in [2.45, 2.75) is 24.7 Å². The number of ether oxygens (including phenoxy) is 1. The number of benzene rings is 1. The molecule has 0 atom stereocenters. The van der Waals surface area contributed by atoms with E-state index in [-0.39, 0.29) is 18.2 Å². The number of nitrogens with zero attached hydrogens (tertiary/aromatic N) is 1. The zero-order valence-electron chi connectivity index (χ0n) is 13.8. The van der Waals surface area contributed by atoms with Crippen molar-refractivity contribution < 1.29 is 45.5 Å². The molecular formula is C16H11F7N2O3. The number of hydrogen-bond acceptors (Lipinski definition) is 4. The van der Waals surface area contributed by atoms with Gasteiger partial charge in [-0.25, -0.2) is 14.9 Å². The predicted molar refractivity (Wildman–Crippen MR) is 79.4 cm³/mol. The van der Waals surface area contributed by atoms with Gasteiger partial charge in [-0.2, -0.15) is 26.3 Å². The molecule has 0 fully saturated rings. The molecule has 0 aliphatic heterocycles. The lowest BCUT2D eigenvalue weighted by Gasteiger charge is -2.31. The molecule has 5 nitrogen and oxygen atoms in total. The molecule has 0 saturated carbocycles. The van der Waals surface area contributed by atoms with Gasteiger partial charge in [-0.3, -0.25) is 10.0 Å². The Bertz CT molecular complexity index is 868. The second-order valence-electron chi connectivity index (χ2n) is 5.62. The monoisotopic (exact) mass is 412 g/mol. The number of alkyl halides is 6. The summed E-state index contributed by atoms with van der Waals surface area (Å²) in [5.41, 5.74) is -0.515. The largest absolute Gasteiger partial charge is 0.436 e. The van der Waals surface area contributed by atoms with E-state index in [4.69, 9.17) is 9.94 Å². The molecule has 12 heteroatoms. The molecule has 152 valence electrons. The molecule has 1 heterocycles. The van der Waals surface area contributed by atoms with E-state index in [1.165, 1.54) is 5.48 Å². The molecule has 1 amide bonds. The lowest BCUT2D eigenvalue weighted by atomic mass is 9.98. The molecule has 0 radical (unpaired) electrons. The van der Waals surface area contributed by atoms with Crippen molar-refractivity contribution in [1.29, 1.82) is 0 Å². The lowest BCUT2D eigenvalue weighted by molar-refractivity contribution is -0.308. The van der Waals surface area contributed by atoms with Crippen LogP contribution in [0, 0.1) is 5.82 Å². The van der Waals surface area contributed by atoms with Gasteiger partial charge in [-0.1, -0.05) is 0 Å². The number of amides is 1. The Morgan fingerprint density at radius 3 is 2.14 bits per heavy atom. The van der Waals surface area contributed by atoms with Crippen LogP contribution in [0.3, 0.4) is 0 Å². The average molecular weight is 412 g/mol. The van der Waals surface area contributed by atoms with Gasteiger partial charge in [-0.05, 0) is 30.3 Å². The summed E-state index contributed by atoms with van der Waals surface area (Å²) in [6.45, 7) is -0.326. The van der Waals surface area contributed by atoms with Crippen LogP contribution in [0.2, 0.25) is 0 Å². The first-order valence-electron chi connectivity index (χ1n) is 7.33. The van der Waals surface area contributed by atoms with Crippen molar-refractivity contribution in [1.82, 2.24) is 10.5 Å². The first kappa shape index (κ1) is 21.4. The van der Waals surface area contributed by atoms with Crippen LogP contribution in [0.15, 0.2) is 36.5 Å². The first-order valence-corrected chi connectivity index (χ1v) is 7.33. The minimum Gasteiger partial charge on any atom is -0.436 e. The summed E-state index contributed by atoms with van der Waals surface area (Å²) in [6, 6.07) is 2.94. The van der Waals surface area contributed by atoms with Crippen molar-refractivity contribution in [3.63, 3.8) is 0 Å². The highest BCUT2D eigenvalue weighted by molar-refractivity contribution is 5.93. The zero-order valence-corrected chi connectivity index (χ0v) is 13.8. The van der Waals surface area contributed by atoms with Crippen LogP contribution in [-0.4, -0.2) is 27.9 Å². The number of hydroxylamine groups is 1. The fourth-order valence-corrected chi connectivity index (χ4v) is 1.99. The number of hydrogen-bond donors (Lipinski definition) is 2. The Morgan fingerprint density at radius 2 is 1.68 bits per heavy atom. The molecule has 1 aromatic carbocycles. The molecule has 2 rings (SSSR count). The second-order valence-corrected chi connectivity index (χ2v) is 5.62. The number of rotatable bonds is 6. The standard InChI is InChI=1S/C16H11F7N2O3/c1-14(18,19)16(22,23)15(20,21)9-2-4-10(5-3-9)28-13-11(17)6-8(7-24-13)12(26)25-27/h2-7,27H,1H3,(H,25,26). The summed E-state index contributed by atoms with van der Waals surface area (Å²) < 4.78 is 98.9. The summed E-state index contributed by atoms with van der Waals surface area (Å²) in [4.78, 5) is 14.6. The summed E-state index contributed by atoms with van der Waals surface area (Å²) in [5, 5.41) is 8.44. The summed E-state index contributed by atoms with van der Waals surface area (Å²) >= 11 is 0. The van der Waals surface area contributed by atoms with Crippen LogP contribution in [0.4, 0.5) is 30.7 Å². The van der Waals surface area contributed by atoms with Crippen molar-refractivity contribution in [2.24, 2.45) is 0 Å². The normalized spacial score (nSPS) is 12.6. The van der Waals surface area contributed by atoms with Crippen molar-refractivity contribution in [3.05, 3.63) is 53.5 Å². The van der Waals surface area contributed by atoms with Gasteiger partial charge >= 0.3 is 17.8 Å². The maximum Gasteiger partial charge on any atom is 0.375 e. The Labute approximate surface area is 152 Å². The minimum atomic E-state index is -5.65. The maximum atomic E-state index is 13.8. The molecular weight excluding hydrogens is 401 g/mol. The number of carbonyl (C=O) groups excluding carboxylic acids is 1. The third-order valence-electron chi connectivity index (χ3n) is 3.55. The molecule has 0 aliphatic rings. The van der Waals surface area contributed by atoms with Crippen molar-refractivity contribution in [2.75, 3.05) is 0 Å². The summed E-state index contributed by atoms with van der Waals surface area (Å²) in [5.74, 6) is -19.1. The van der Waals surface area contributed by atoms with E-state index in [9.17, 15) is 35.5 Å². The molecule has 0 unspecified atom stereocenters. The summed E-state index contributed by atoms with van der Waals surface area (Å²) in [7, 11) is 0. The van der Waals surface area contributed by atoms with Gasteiger partial charge in [0.1, 0.15) is 5.75 Å². The SMILES string of the molecule is CC(F)(F)C(F)(F)C(F)(F)c1ccc(Oc2ncc(C(=O)NO)cc2F)cc1. The topological polar surface area (TPSA) is 71.5 Å². The Kier molecular flexibility index (Phi) is 5.55. The predicted octanol–water partition coefficient (Wildman–Crippen LogP) is 4.51. The van der Waals surface area contributed by atoms with E-state index in [0.29, 0.717) is 18.2 Å². The van der Waals surface area contributed by atoms with Gasteiger partial charge in [-0.15, -0.1) is 0 Å². The molecule has 0 spiro atoms. The highest BCUT2D eigenvalue weighted by Crippen LogP contribution is 2.51. The smallest absolute Gasteiger partial charge is 0.375 e. The van der Waals surface area contributed by atoms with E-state index in [1.54, 1.807) is 0 Å². The second kappa shape index (κ2) is 7.26. The third-order valence-corrected chi connectivity index (χ3v) is 3.55. The molecule has 1 aromatic heterocycles. The zero-order chi connectivity index (χ0) is 21.3. The quantitative estimate of drug-likeness (QED) is 0.416. The van der Waals surface area contributed by atoms with Crippen LogP contribution in [0.1, 0.15) is 22.8 Å². The average Bonchev–Trinajstić information content (AvgIpc) is 2.62. The maximum absolute atomic E-state index is 13.8. The lowest BCUT2D eigenvalue weighted by Crippen LogP contribution is -2.50. The van der Waals surface area contributed by atoms with E-state index in [2.05, 4.69) is 4.98 Å². The summed E-state index contributed by atoms with van der Waals surface area (Å²) in [6.07, 6.45) is 0.830. The minimum absolute atomic E-state index is 0.322. The van der Waals surface area contributed by atoms with Gasteiger partial charge in [0, 0.05) is 18.7 Å². The Hall–Kier alpha value is -2.89. The molecule has 2 aromatic rings. The van der Waals surface area contributed by atoms with E-state index >= 15 is 0 Å². The highest BCUT2D eigenvalue weighted by atomic mass is 19.3. The molecule has 0 aliphatic carbocycles. The van der Waals surface area contributed by atoms with Crippen molar-refractivity contribution >= 4 is 5.91 Å². The molecule has 0 bridgehead atoms. The molecule has 28 heavy (non-hydrogen) atoms. The number of carbonyl (C=O) groups is 1. The van der Waals surface area contributed by atoms with Crippen molar-refractivity contribution in [3.8, 4) is 11.6 Å². The first-order chi connectivity index (χ1) is 12.8. The van der Waals surface area contributed by atoms with Gasteiger partial charge in [0.15, 0.2) is 5.82 Å². The number of aromatic nitrogens is 1. The van der Waals surface area contributed by atoms with Crippen LogP contribution in [0.25, 0.3) is 0 Å². The molecule has 0 saturated heterocycles. The van der Waals surface area contributed by atoms with Crippen LogP contribution in [0.5, 0.6) is 11.6 Å². The van der Waals surface area contributed by atoms with Crippen LogP contribution >= 0.6 is 0 Å². The van der Waals surface area contributed by atoms with Crippen LogP contribution in [-0.2, 0) is 5.92 Å². The van der Waals surface area contributed by atoms with Gasteiger partial charge in [0.2, 0.25) is 0 Å². The van der Waals surface area contributed by atoms with E-state index < -0.39 is 40.9 Å². The third kappa shape index (κ3) is 3.86. The Balaban J connectivity index is 2.25. The van der Waals surface area contributed by atoms with Crippen LogP contribution < -0.4 is 10.2 Å². The number of pyridine rings is 1. The molecule has 2 N–H and O–H groups in total. The fraction of sp³-hybridized carbons (Fsp3) is 0.250. The van der Waals surface area contributed by atoms with Gasteiger partial charge in [0.25, 0.3) is 11.8 Å². The van der Waals surface area contributed by atoms with Gasteiger partial charge in [0.05, 0.1) is 5.56 Å². The number of halogens is 7. The van der Waals surface area contributed by atoms with E-state index in [1.807, 2.05) is 0 Å². The van der Waals surface area contributed by atoms with Gasteiger partial charge < -0.3 is 4.74 Å². The fourth-order valence-electron chi connectivity index (χ4n) is 1.99.